The Labute approximate surface area is 90.0 Å². The molecule has 1 rings (SSSR count). The van der Waals surface area contributed by atoms with Crippen molar-refractivity contribution in [1.29, 1.82) is 0 Å². The average molecular weight is 215 g/mol. The fourth-order valence-electron chi connectivity index (χ4n) is 1.31. The minimum atomic E-state index is 0.0590. The molecule has 0 saturated heterocycles. The third-order valence-corrected chi connectivity index (χ3v) is 2.42. The molecule has 2 N–H and O–H groups in total. The number of urea groups is 1. The van der Waals surface area contributed by atoms with Crippen LogP contribution in [0.5, 0.6) is 0 Å². The molecule has 1 saturated carbocycles. The highest BCUT2D eigenvalue weighted by Crippen LogP contribution is 2.27. The van der Waals surface area contributed by atoms with E-state index in [1.165, 1.54) is 0 Å². The molecule has 1 aliphatic carbocycles. The molecule has 1 fully saturated rings. The Balaban J connectivity index is 2.46. The van der Waals surface area contributed by atoms with Gasteiger partial charge in [0.1, 0.15) is 0 Å². The summed E-state index contributed by atoms with van der Waals surface area (Å²) in [5.74, 6) is 0. The smallest absolute Gasteiger partial charge is 0.319 e. The van der Waals surface area contributed by atoms with E-state index in [1.54, 1.807) is 19.0 Å². The molecule has 0 heterocycles. The van der Waals surface area contributed by atoms with Gasteiger partial charge in [0, 0.05) is 33.1 Å². The van der Waals surface area contributed by atoms with Gasteiger partial charge in [0.05, 0.1) is 4.99 Å². The molecule has 0 bridgehead atoms. The molecule has 0 aromatic rings. The highest BCUT2D eigenvalue weighted by atomic mass is 32.1. The second-order valence-corrected chi connectivity index (χ2v) is 4.34. The highest BCUT2D eigenvalue weighted by Gasteiger charge is 2.32. The Bertz CT molecular complexity index is 238. The summed E-state index contributed by atoms with van der Waals surface area (Å²) >= 11 is 4.80. The van der Waals surface area contributed by atoms with Gasteiger partial charge in [-0.05, 0) is 12.8 Å². The zero-order chi connectivity index (χ0) is 10.7. The summed E-state index contributed by atoms with van der Waals surface area (Å²) in [6.45, 7) is 0.650. The fourth-order valence-corrected chi connectivity index (χ4v) is 1.40. The van der Waals surface area contributed by atoms with Gasteiger partial charge in [-0.2, -0.15) is 0 Å². The molecule has 2 amide bonds. The average Bonchev–Trinajstić information content (AvgIpc) is 2.87. The van der Waals surface area contributed by atoms with Gasteiger partial charge in [0.15, 0.2) is 0 Å². The molecular formula is C9H17N3OS. The molecule has 0 radical (unpaired) electrons. The van der Waals surface area contributed by atoms with E-state index in [0.29, 0.717) is 24.0 Å². The van der Waals surface area contributed by atoms with Crippen LogP contribution < -0.4 is 5.73 Å². The summed E-state index contributed by atoms with van der Waals surface area (Å²) in [5.41, 5.74) is 5.42. The predicted octanol–water partition coefficient (Wildman–Crippen LogP) is 0.809. The summed E-state index contributed by atoms with van der Waals surface area (Å²) in [6.07, 6.45) is 2.83. The van der Waals surface area contributed by atoms with Crippen molar-refractivity contribution in [2.45, 2.75) is 25.3 Å². The van der Waals surface area contributed by atoms with E-state index in [-0.39, 0.29) is 6.03 Å². The summed E-state index contributed by atoms with van der Waals surface area (Å²) < 4.78 is 0. The maximum Gasteiger partial charge on any atom is 0.319 e. The monoisotopic (exact) mass is 215 g/mol. The maximum absolute atomic E-state index is 11.7. The minimum Gasteiger partial charge on any atom is -0.393 e. The van der Waals surface area contributed by atoms with Crippen LogP contribution in [0.1, 0.15) is 19.3 Å². The first kappa shape index (κ1) is 11.2. The lowest BCUT2D eigenvalue weighted by molar-refractivity contribution is 0.169. The van der Waals surface area contributed by atoms with E-state index in [9.17, 15) is 4.79 Å². The molecule has 1 aliphatic rings. The normalized spacial score (nSPS) is 15.0. The Morgan fingerprint density at radius 1 is 1.50 bits per heavy atom. The predicted molar refractivity (Wildman–Crippen MR) is 60.2 cm³/mol. The number of carbonyl (C=O) groups excluding carboxylic acids is 1. The highest BCUT2D eigenvalue weighted by molar-refractivity contribution is 7.80. The van der Waals surface area contributed by atoms with Crippen LogP contribution in [0.4, 0.5) is 4.79 Å². The van der Waals surface area contributed by atoms with Gasteiger partial charge in [0.25, 0.3) is 0 Å². The lowest BCUT2D eigenvalue weighted by Crippen LogP contribution is -2.42. The first-order valence-electron chi connectivity index (χ1n) is 4.78. The van der Waals surface area contributed by atoms with E-state index in [1.807, 2.05) is 4.90 Å². The van der Waals surface area contributed by atoms with Gasteiger partial charge in [-0.3, -0.25) is 0 Å². The number of nitrogens with zero attached hydrogens (tertiary/aromatic N) is 2. The third kappa shape index (κ3) is 3.14. The van der Waals surface area contributed by atoms with Crippen molar-refractivity contribution in [3.05, 3.63) is 0 Å². The van der Waals surface area contributed by atoms with Crippen LogP contribution in [0.2, 0.25) is 0 Å². The molecule has 0 atom stereocenters. The van der Waals surface area contributed by atoms with Crippen LogP contribution in [0.3, 0.4) is 0 Å². The second-order valence-electron chi connectivity index (χ2n) is 3.82. The van der Waals surface area contributed by atoms with Crippen LogP contribution in [0, 0.1) is 0 Å². The van der Waals surface area contributed by atoms with Crippen molar-refractivity contribution in [2.24, 2.45) is 5.73 Å². The molecule has 5 heteroatoms. The van der Waals surface area contributed by atoms with Gasteiger partial charge < -0.3 is 15.5 Å². The Kier molecular flexibility index (Phi) is 3.69. The number of hydrogen-bond donors (Lipinski definition) is 1. The largest absolute Gasteiger partial charge is 0.393 e. The molecule has 14 heavy (non-hydrogen) atoms. The summed E-state index contributed by atoms with van der Waals surface area (Å²) in [5, 5.41) is 0. The summed E-state index contributed by atoms with van der Waals surface area (Å²) in [4.78, 5) is 15.6. The number of thiocarbonyl (C=S) groups is 1. The van der Waals surface area contributed by atoms with Crippen molar-refractivity contribution in [1.82, 2.24) is 9.80 Å². The standard InChI is InChI=1S/C9H17N3OS/c1-11(2)9(13)12(7-3-4-7)6-5-8(10)14/h7H,3-6H2,1-2H3,(H2,10,14). The zero-order valence-corrected chi connectivity index (χ0v) is 9.51. The van der Waals surface area contributed by atoms with Gasteiger partial charge in [0.2, 0.25) is 0 Å². The van der Waals surface area contributed by atoms with Crippen LogP contribution in [-0.2, 0) is 0 Å². The van der Waals surface area contributed by atoms with Crippen LogP contribution in [0.25, 0.3) is 0 Å². The van der Waals surface area contributed by atoms with Crippen LogP contribution >= 0.6 is 12.2 Å². The van der Waals surface area contributed by atoms with Gasteiger partial charge in [-0.1, -0.05) is 12.2 Å². The van der Waals surface area contributed by atoms with Gasteiger partial charge in [-0.25, -0.2) is 4.79 Å². The third-order valence-electron chi connectivity index (χ3n) is 2.22. The summed E-state index contributed by atoms with van der Waals surface area (Å²) in [7, 11) is 3.52. The number of carbonyl (C=O) groups is 1. The van der Waals surface area contributed by atoms with Crippen LogP contribution in [0.15, 0.2) is 0 Å². The molecule has 0 aromatic carbocycles. The van der Waals surface area contributed by atoms with E-state index < -0.39 is 0 Å². The second kappa shape index (κ2) is 4.59. The SMILES string of the molecule is CN(C)C(=O)N(CCC(N)=S)C1CC1. The van der Waals surface area contributed by atoms with Crippen molar-refractivity contribution < 1.29 is 4.79 Å². The van der Waals surface area contributed by atoms with Gasteiger partial charge in [-0.15, -0.1) is 0 Å². The molecule has 80 valence electrons. The number of hydrogen-bond acceptors (Lipinski definition) is 2. The lowest BCUT2D eigenvalue weighted by Gasteiger charge is -2.25. The number of rotatable bonds is 4. The Hall–Kier alpha value is -0.840. The lowest BCUT2D eigenvalue weighted by atomic mass is 10.3. The van der Waals surface area contributed by atoms with Crippen molar-refractivity contribution in [3.63, 3.8) is 0 Å². The topological polar surface area (TPSA) is 49.6 Å². The first-order chi connectivity index (χ1) is 6.52. The molecule has 0 aromatic heterocycles. The van der Waals surface area contributed by atoms with E-state index in [4.69, 9.17) is 18.0 Å². The maximum atomic E-state index is 11.7. The van der Waals surface area contributed by atoms with E-state index in [2.05, 4.69) is 0 Å². The zero-order valence-electron chi connectivity index (χ0n) is 8.69. The molecule has 0 spiro atoms. The van der Waals surface area contributed by atoms with E-state index >= 15 is 0 Å². The Morgan fingerprint density at radius 2 is 2.07 bits per heavy atom. The minimum absolute atomic E-state index is 0.0590. The van der Waals surface area contributed by atoms with Crippen LogP contribution in [-0.4, -0.2) is 47.5 Å². The van der Waals surface area contributed by atoms with Crippen molar-refractivity contribution >= 4 is 23.2 Å². The summed E-state index contributed by atoms with van der Waals surface area (Å²) in [6, 6.07) is 0.475. The van der Waals surface area contributed by atoms with E-state index in [0.717, 1.165) is 12.8 Å². The molecule has 0 unspecified atom stereocenters. The Morgan fingerprint density at radius 3 is 2.43 bits per heavy atom. The molecule has 4 nitrogen and oxygen atoms in total. The molecule has 0 aliphatic heterocycles. The fraction of sp³-hybridized carbons (Fsp3) is 0.778. The quantitative estimate of drug-likeness (QED) is 0.706. The molecular weight excluding hydrogens is 198 g/mol. The van der Waals surface area contributed by atoms with Crippen molar-refractivity contribution in [2.75, 3.05) is 20.6 Å². The van der Waals surface area contributed by atoms with Gasteiger partial charge >= 0.3 is 6.03 Å². The number of nitrogens with two attached hydrogens (primary N) is 1. The first-order valence-corrected chi connectivity index (χ1v) is 5.19. The number of amides is 2. The van der Waals surface area contributed by atoms with Crippen molar-refractivity contribution in [3.8, 4) is 0 Å².